The van der Waals surface area contributed by atoms with Gasteiger partial charge in [0.05, 0.1) is 11.0 Å². The van der Waals surface area contributed by atoms with Gasteiger partial charge in [-0.3, -0.25) is 9.11 Å². The lowest BCUT2D eigenvalue weighted by atomic mass is 10.2. The Kier molecular flexibility index (Phi) is 16.1. The third-order valence-electron chi connectivity index (χ3n) is 6.65. The first-order chi connectivity index (χ1) is 23.9. The molecular formula is C36H43ClN8O4S. The average molecular weight is 719 g/mol. The van der Waals surface area contributed by atoms with Crippen molar-refractivity contribution in [1.29, 1.82) is 0 Å². The first kappa shape index (κ1) is 39.8. The molecule has 2 heterocycles. The number of fused-ring (bicyclic) bond motifs is 2. The molecule has 12 nitrogen and oxygen atoms in total. The number of anilines is 1. The molecule has 0 aliphatic heterocycles. The van der Waals surface area contributed by atoms with E-state index in [-0.39, 0.29) is 0 Å². The zero-order chi connectivity index (χ0) is 36.5. The summed E-state index contributed by atoms with van der Waals surface area (Å²) in [6, 6.07) is 35.8. The van der Waals surface area contributed by atoms with Crippen molar-refractivity contribution in [2.75, 3.05) is 59.7 Å². The number of rotatable bonds is 8. The van der Waals surface area contributed by atoms with Gasteiger partial charge < -0.3 is 20.9 Å². The van der Waals surface area contributed by atoms with Gasteiger partial charge in [-0.2, -0.15) is 8.42 Å². The summed E-state index contributed by atoms with van der Waals surface area (Å²) in [5.74, 6) is 2.31. The number of halogens is 1. The molecule has 0 aliphatic rings. The van der Waals surface area contributed by atoms with Crippen LogP contribution < -0.4 is 11.1 Å². The third kappa shape index (κ3) is 14.1. The van der Waals surface area contributed by atoms with E-state index in [0.29, 0.717) is 11.0 Å². The zero-order valence-electron chi connectivity index (χ0n) is 28.5. The van der Waals surface area contributed by atoms with Gasteiger partial charge >= 0.3 is 10.4 Å². The second kappa shape index (κ2) is 20.2. The van der Waals surface area contributed by atoms with Crippen molar-refractivity contribution in [1.82, 2.24) is 29.7 Å². The molecule has 0 spiro atoms. The predicted octanol–water partition coefficient (Wildman–Crippen LogP) is 6.07. The van der Waals surface area contributed by atoms with Crippen LogP contribution in [-0.2, 0) is 10.4 Å². The van der Waals surface area contributed by atoms with E-state index < -0.39 is 10.4 Å². The lowest BCUT2D eigenvalue weighted by molar-refractivity contribution is 0.381. The summed E-state index contributed by atoms with van der Waals surface area (Å²) < 4.78 is 31.6. The maximum atomic E-state index is 8.74. The summed E-state index contributed by atoms with van der Waals surface area (Å²) in [6.45, 7) is 3.55. The minimum absolute atomic E-state index is 0.495. The van der Waals surface area contributed by atoms with Gasteiger partial charge in [-0.25, -0.2) is 19.9 Å². The van der Waals surface area contributed by atoms with Crippen molar-refractivity contribution in [3.05, 3.63) is 114 Å². The molecule has 0 fully saturated rings. The molecule has 0 saturated heterocycles. The molecule has 0 aliphatic carbocycles. The molecule has 0 bridgehead atoms. The molecule has 6 rings (SSSR count). The average Bonchev–Trinajstić information content (AvgIpc) is 3.08. The number of nitrogens with one attached hydrogen (secondary N) is 1. The summed E-state index contributed by atoms with van der Waals surface area (Å²) in [7, 11) is 3.48. The fourth-order valence-corrected chi connectivity index (χ4v) is 4.58. The van der Waals surface area contributed by atoms with Gasteiger partial charge in [-0.15, -0.1) is 0 Å². The molecule has 0 amide bonds. The van der Waals surface area contributed by atoms with Gasteiger partial charge in [0.2, 0.25) is 0 Å². The number of aromatic nitrogens is 4. The van der Waals surface area contributed by atoms with E-state index >= 15 is 0 Å². The highest BCUT2D eigenvalue weighted by molar-refractivity contribution is 7.79. The smallest absolute Gasteiger partial charge is 0.368 e. The fraction of sp³-hybridized carbons (Fsp3) is 0.222. The van der Waals surface area contributed by atoms with Crippen molar-refractivity contribution in [3.63, 3.8) is 0 Å². The second-order valence-corrected chi connectivity index (χ2v) is 12.5. The Hall–Kier alpha value is -4.60. The molecule has 5 N–H and O–H groups in total. The molecular weight excluding hydrogens is 676 g/mol. The summed E-state index contributed by atoms with van der Waals surface area (Å²) in [6.07, 6.45) is 0. The molecule has 4 aromatic carbocycles. The Morgan fingerprint density at radius 3 is 1.52 bits per heavy atom. The number of likely N-dealkylation sites (N-methyl/N-ethyl adjacent to an activating group) is 2. The van der Waals surface area contributed by atoms with Crippen LogP contribution in [0.1, 0.15) is 0 Å². The monoisotopic (exact) mass is 718 g/mol. The quantitative estimate of drug-likeness (QED) is 0.106. The molecule has 0 radical (unpaired) electrons. The second-order valence-electron chi connectivity index (χ2n) is 11.3. The molecule has 50 heavy (non-hydrogen) atoms. The van der Waals surface area contributed by atoms with Crippen LogP contribution >= 0.6 is 11.6 Å². The van der Waals surface area contributed by atoms with Crippen LogP contribution in [0, 0.1) is 0 Å². The van der Waals surface area contributed by atoms with E-state index in [9.17, 15) is 0 Å². The third-order valence-corrected chi connectivity index (χ3v) is 6.94. The number of hydrogen-bond donors (Lipinski definition) is 4. The summed E-state index contributed by atoms with van der Waals surface area (Å²) in [5.41, 5.74) is 9.02. The SMILES string of the molecule is CN(C)CCN.CN(C)CCNc1nc(-c2ccccc2)nc2ccccc12.Clc1nc(-c2ccccc2)nc2ccccc12.O=S(=O)(O)O. The van der Waals surface area contributed by atoms with Crippen LogP contribution in [0.3, 0.4) is 0 Å². The highest BCUT2D eigenvalue weighted by atomic mass is 35.5. The summed E-state index contributed by atoms with van der Waals surface area (Å²) in [4.78, 5) is 22.5. The summed E-state index contributed by atoms with van der Waals surface area (Å²) >= 11 is 6.16. The molecule has 0 unspecified atom stereocenters. The Labute approximate surface area is 298 Å². The standard InChI is InChI=1S/C18H20N4.C14H9ClN2.C4H12N2.H2O4S/c1-22(2)13-12-19-18-15-10-6-7-11-16(15)20-17(21-18)14-8-4-3-5-9-14;15-13-11-8-4-5-9-12(11)16-14(17-13)10-6-2-1-3-7-10;1-6(2)4-3-5;1-5(2,3)4/h3-11H,12-13H2,1-2H3,(H,19,20,21);1-9H;3-5H2,1-2H3;(H2,1,2,3,4). The van der Waals surface area contributed by atoms with E-state index in [4.69, 9.17) is 39.8 Å². The number of nitrogens with two attached hydrogens (primary N) is 1. The number of benzene rings is 4. The van der Waals surface area contributed by atoms with Crippen molar-refractivity contribution in [2.45, 2.75) is 0 Å². The molecule has 6 aromatic rings. The van der Waals surface area contributed by atoms with Gasteiger partial charge in [0.1, 0.15) is 11.0 Å². The zero-order valence-corrected chi connectivity index (χ0v) is 30.1. The first-order valence-corrected chi connectivity index (χ1v) is 17.4. The van der Waals surface area contributed by atoms with Crippen LogP contribution in [0.2, 0.25) is 5.15 Å². The van der Waals surface area contributed by atoms with Gasteiger partial charge in [0, 0.05) is 48.1 Å². The topological polar surface area (TPSA) is 171 Å². The first-order valence-electron chi connectivity index (χ1n) is 15.6. The minimum atomic E-state index is -4.67. The Morgan fingerprint density at radius 1 is 0.640 bits per heavy atom. The van der Waals surface area contributed by atoms with Crippen LogP contribution in [-0.4, -0.2) is 102 Å². The number of para-hydroxylation sites is 2. The Morgan fingerprint density at radius 2 is 1.06 bits per heavy atom. The van der Waals surface area contributed by atoms with E-state index in [1.807, 2.05) is 117 Å². The van der Waals surface area contributed by atoms with E-state index in [1.54, 1.807) is 0 Å². The van der Waals surface area contributed by atoms with Crippen molar-refractivity contribution < 1.29 is 17.5 Å². The predicted molar refractivity (Wildman–Crippen MR) is 204 cm³/mol. The van der Waals surface area contributed by atoms with Crippen LogP contribution in [0.15, 0.2) is 109 Å². The molecule has 0 saturated carbocycles. The fourth-order valence-electron chi connectivity index (χ4n) is 4.34. The van der Waals surface area contributed by atoms with Crippen molar-refractivity contribution >= 4 is 49.6 Å². The van der Waals surface area contributed by atoms with Crippen LogP contribution in [0.25, 0.3) is 44.6 Å². The molecule has 264 valence electrons. The van der Waals surface area contributed by atoms with Gasteiger partial charge in [-0.05, 0) is 52.5 Å². The van der Waals surface area contributed by atoms with Gasteiger partial charge in [-0.1, -0.05) is 96.5 Å². The normalized spacial score (nSPS) is 10.8. The number of hydrogen-bond acceptors (Lipinski definition) is 10. The van der Waals surface area contributed by atoms with E-state index in [1.165, 1.54) is 0 Å². The highest BCUT2D eigenvalue weighted by Gasteiger charge is 2.09. The molecule has 0 atom stereocenters. The Balaban J connectivity index is 0.000000213. The minimum Gasteiger partial charge on any atom is -0.368 e. The van der Waals surface area contributed by atoms with E-state index in [0.717, 1.165) is 70.8 Å². The summed E-state index contributed by atoms with van der Waals surface area (Å²) in [5, 5.41) is 5.87. The maximum Gasteiger partial charge on any atom is 0.394 e. The van der Waals surface area contributed by atoms with Crippen molar-refractivity contribution in [3.8, 4) is 22.8 Å². The maximum absolute atomic E-state index is 8.74. The highest BCUT2D eigenvalue weighted by Crippen LogP contribution is 2.25. The number of nitrogens with zero attached hydrogens (tertiary/aromatic N) is 6. The Bertz CT molecular complexity index is 2010. The van der Waals surface area contributed by atoms with Gasteiger partial charge in [0.15, 0.2) is 11.6 Å². The largest absolute Gasteiger partial charge is 0.394 e. The lowest BCUT2D eigenvalue weighted by Gasteiger charge is -2.13. The van der Waals surface area contributed by atoms with Gasteiger partial charge in [0.25, 0.3) is 0 Å². The lowest BCUT2D eigenvalue weighted by Crippen LogP contribution is -2.21. The molecule has 2 aromatic heterocycles. The van der Waals surface area contributed by atoms with Crippen molar-refractivity contribution in [2.24, 2.45) is 5.73 Å². The van der Waals surface area contributed by atoms with Crippen LogP contribution in [0.4, 0.5) is 5.82 Å². The van der Waals surface area contributed by atoms with Crippen LogP contribution in [0.5, 0.6) is 0 Å². The molecule has 14 heteroatoms. The van der Waals surface area contributed by atoms with E-state index in [2.05, 4.69) is 50.2 Å².